The molecule has 20 heavy (non-hydrogen) atoms. The second kappa shape index (κ2) is 4.80. The van der Waals surface area contributed by atoms with Crippen LogP contribution in [0, 0.1) is 5.92 Å². The monoisotopic (exact) mass is 270 g/mol. The second-order valence-electron chi connectivity index (χ2n) is 6.36. The Hall–Kier alpha value is -1.51. The van der Waals surface area contributed by atoms with E-state index in [0.717, 1.165) is 22.9 Å². The van der Waals surface area contributed by atoms with Crippen LogP contribution in [0.4, 0.5) is 5.69 Å². The lowest BCUT2D eigenvalue weighted by Gasteiger charge is -2.20. The molecule has 1 heterocycles. The van der Waals surface area contributed by atoms with Crippen LogP contribution < -0.4 is 5.32 Å². The van der Waals surface area contributed by atoms with Crippen molar-refractivity contribution in [2.45, 2.75) is 57.4 Å². The van der Waals surface area contributed by atoms with E-state index in [1.165, 1.54) is 44.2 Å². The highest BCUT2D eigenvalue weighted by Gasteiger charge is 2.29. The van der Waals surface area contributed by atoms with E-state index in [2.05, 4.69) is 35.4 Å². The van der Waals surface area contributed by atoms with Gasteiger partial charge >= 0.3 is 0 Å². The van der Waals surface area contributed by atoms with Crippen molar-refractivity contribution >= 4 is 16.8 Å². The van der Waals surface area contributed by atoms with Gasteiger partial charge < -0.3 is 9.73 Å². The van der Waals surface area contributed by atoms with Crippen molar-refractivity contribution in [3.63, 3.8) is 0 Å². The SMILES string of the molecule is CCC1CCCC1Nc1ccc2oc(C3CC3)nc2c1. The van der Waals surface area contributed by atoms with E-state index in [0.29, 0.717) is 12.0 Å². The fourth-order valence-electron chi connectivity index (χ4n) is 3.47. The molecule has 106 valence electrons. The third kappa shape index (κ3) is 2.19. The van der Waals surface area contributed by atoms with Gasteiger partial charge in [0, 0.05) is 17.6 Å². The van der Waals surface area contributed by atoms with Crippen molar-refractivity contribution in [1.29, 1.82) is 0 Å². The van der Waals surface area contributed by atoms with Crippen molar-refractivity contribution in [2.24, 2.45) is 5.92 Å². The molecule has 3 heteroatoms. The minimum absolute atomic E-state index is 0.582. The summed E-state index contributed by atoms with van der Waals surface area (Å²) in [6.07, 6.45) is 7.76. The van der Waals surface area contributed by atoms with Gasteiger partial charge in [0.1, 0.15) is 5.52 Å². The highest BCUT2D eigenvalue weighted by atomic mass is 16.3. The molecule has 0 bridgehead atoms. The number of oxazole rings is 1. The van der Waals surface area contributed by atoms with E-state index < -0.39 is 0 Å². The second-order valence-corrected chi connectivity index (χ2v) is 6.36. The summed E-state index contributed by atoms with van der Waals surface area (Å²) >= 11 is 0. The molecule has 0 radical (unpaired) electrons. The van der Waals surface area contributed by atoms with Gasteiger partial charge in [-0.2, -0.15) is 0 Å². The number of aromatic nitrogens is 1. The Morgan fingerprint density at radius 3 is 2.95 bits per heavy atom. The smallest absolute Gasteiger partial charge is 0.198 e. The number of fused-ring (bicyclic) bond motifs is 1. The maximum atomic E-state index is 5.82. The predicted molar refractivity (Wildman–Crippen MR) is 81.0 cm³/mol. The summed E-state index contributed by atoms with van der Waals surface area (Å²) in [6.45, 7) is 2.30. The minimum Gasteiger partial charge on any atom is -0.440 e. The molecule has 0 spiro atoms. The van der Waals surface area contributed by atoms with Gasteiger partial charge in [0.25, 0.3) is 0 Å². The molecule has 0 amide bonds. The van der Waals surface area contributed by atoms with Crippen LogP contribution in [0.5, 0.6) is 0 Å². The molecule has 2 unspecified atom stereocenters. The minimum atomic E-state index is 0.582. The number of benzene rings is 1. The zero-order chi connectivity index (χ0) is 13.5. The zero-order valence-corrected chi connectivity index (χ0v) is 12.1. The number of hydrogen-bond acceptors (Lipinski definition) is 3. The molecule has 3 nitrogen and oxygen atoms in total. The van der Waals surface area contributed by atoms with Crippen molar-refractivity contribution in [2.75, 3.05) is 5.32 Å². The number of nitrogens with zero attached hydrogens (tertiary/aromatic N) is 1. The molecule has 2 atom stereocenters. The Labute approximate surface area is 119 Å². The van der Waals surface area contributed by atoms with Gasteiger partial charge in [0.2, 0.25) is 0 Å². The van der Waals surface area contributed by atoms with E-state index in [4.69, 9.17) is 4.42 Å². The maximum Gasteiger partial charge on any atom is 0.198 e. The summed E-state index contributed by atoms with van der Waals surface area (Å²) in [5.41, 5.74) is 3.12. The first-order chi connectivity index (χ1) is 9.83. The van der Waals surface area contributed by atoms with Crippen LogP contribution in [-0.4, -0.2) is 11.0 Å². The van der Waals surface area contributed by atoms with E-state index in [-0.39, 0.29) is 0 Å². The summed E-state index contributed by atoms with van der Waals surface area (Å²) < 4.78 is 5.82. The number of anilines is 1. The molecule has 0 saturated heterocycles. The van der Waals surface area contributed by atoms with Crippen LogP contribution in [0.1, 0.15) is 57.3 Å². The lowest BCUT2D eigenvalue weighted by molar-refractivity contribution is 0.489. The van der Waals surface area contributed by atoms with Crippen molar-refractivity contribution in [1.82, 2.24) is 4.98 Å². The van der Waals surface area contributed by atoms with Crippen LogP contribution in [0.15, 0.2) is 22.6 Å². The average Bonchev–Trinajstić information content (AvgIpc) is 3.07. The maximum absolute atomic E-state index is 5.82. The molecule has 2 aliphatic rings. The van der Waals surface area contributed by atoms with Gasteiger partial charge in [-0.05, 0) is 49.8 Å². The van der Waals surface area contributed by atoms with Gasteiger partial charge in [-0.25, -0.2) is 4.98 Å². The van der Waals surface area contributed by atoms with Gasteiger partial charge in [0.05, 0.1) is 0 Å². The van der Waals surface area contributed by atoms with E-state index in [1.807, 2.05) is 0 Å². The molecule has 0 aliphatic heterocycles. The lowest BCUT2D eigenvalue weighted by Crippen LogP contribution is -2.23. The summed E-state index contributed by atoms with van der Waals surface area (Å²) in [5, 5.41) is 3.71. The fraction of sp³-hybridized carbons (Fsp3) is 0.588. The normalized spacial score (nSPS) is 26.2. The quantitative estimate of drug-likeness (QED) is 0.875. The Bertz CT molecular complexity index is 614. The van der Waals surface area contributed by atoms with Crippen molar-refractivity contribution in [3.8, 4) is 0 Å². The molecule has 2 saturated carbocycles. The lowest BCUT2D eigenvalue weighted by atomic mass is 10.0. The Balaban J connectivity index is 1.57. The van der Waals surface area contributed by atoms with Crippen molar-refractivity contribution < 1.29 is 4.42 Å². The molecule has 1 aromatic heterocycles. The first kappa shape index (κ1) is 12.2. The third-order valence-electron chi connectivity index (χ3n) is 4.87. The Morgan fingerprint density at radius 2 is 2.15 bits per heavy atom. The van der Waals surface area contributed by atoms with Gasteiger partial charge in [-0.3, -0.25) is 0 Å². The average molecular weight is 270 g/mol. The van der Waals surface area contributed by atoms with Crippen LogP contribution >= 0.6 is 0 Å². The summed E-state index contributed by atoms with van der Waals surface area (Å²) in [5.74, 6) is 2.34. The summed E-state index contributed by atoms with van der Waals surface area (Å²) in [4.78, 5) is 4.64. The van der Waals surface area contributed by atoms with Crippen LogP contribution in [0.25, 0.3) is 11.1 Å². The van der Waals surface area contributed by atoms with E-state index in [1.54, 1.807) is 0 Å². The number of hydrogen-bond donors (Lipinski definition) is 1. The number of nitrogens with one attached hydrogen (secondary N) is 1. The molecule has 1 N–H and O–H groups in total. The van der Waals surface area contributed by atoms with E-state index in [9.17, 15) is 0 Å². The first-order valence-electron chi connectivity index (χ1n) is 8.00. The molecule has 2 aromatic rings. The summed E-state index contributed by atoms with van der Waals surface area (Å²) in [6, 6.07) is 6.98. The zero-order valence-electron chi connectivity index (χ0n) is 12.1. The standard InChI is InChI=1S/C17H22N2O/c1-2-11-4-3-5-14(11)18-13-8-9-16-15(10-13)19-17(20-16)12-6-7-12/h8-12,14,18H,2-7H2,1H3. The molecule has 2 aliphatic carbocycles. The highest BCUT2D eigenvalue weighted by molar-refractivity contribution is 5.77. The molecular weight excluding hydrogens is 248 g/mol. The van der Waals surface area contributed by atoms with Gasteiger partial charge in [0.15, 0.2) is 11.5 Å². The van der Waals surface area contributed by atoms with Crippen molar-refractivity contribution in [3.05, 3.63) is 24.1 Å². The van der Waals surface area contributed by atoms with Gasteiger partial charge in [-0.15, -0.1) is 0 Å². The fourth-order valence-corrected chi connectivity index (χ4v) is 3.47. The number of rotatable bonds is 4. The molecule has 1 aromatic carbocycles. The molecule has 2 fully saturated rings. The van der Waals surface area contributed by atoms with Gasteiger partial charge in [-0.1, -0.05) is 19.8 Å². The predicted octanol–water partition coefficient (Wildman–Crippen LogP) is 4.70. The third-order valence-corrected chi connectivity index (χ3v) is 4.87. The Morgan fingerprint density at radius 1 is 1.25 bits per heavy atom. The summed E-state index contributed by atoms with van der Waals surface area (Å²) in [7, 11) is 0. The van der Waals surface area contributed by atoms with Crippen LogP contribution in [0.2, 0.25) is 0 Å². The Kier molecular flexibility index (Phi) is 2.94. The molecular formula is C17H22N2O. The topological polar surface area (TPSA) is 38.1 Å². The largest absolute Gasteiger partial charge is 0.440 e. The van der Waals surface area contributed by atoms with E-state index >= 15 is 0 Å². The van der Waals surface area contributed by atoms with Crippen LogP contribution in [0.3, 0.4) is 0 Å². The molecule has 4 rings (SSSR count). The first-order valence-corrected chi connectivity index (χ1v) is 8.00. The van der Waals surface area contributed by atoms with Crippen LogP contribution in [-0.2, 0) is 0 Å². The highest BCUT2D eigenvalue weighted by Crippen LogP contribution is 2.41.